The average Bonchev–Trinajstić information content (AvgIpc) is 3.85. The highest BCUT2D eigenvalue weighted by atomic mass is 16.3. The normalized spacial score (nSPS) is 11.9. The first-order chi connectivity index (χ1) is 27.7. The van der Waals surface area contributed by atoms with Crippen LogP contribution in [0.5, 0.6) is 0 Å². The summed E-state index contributed by atoms with van der Waals surface area (Å²) in [5.41, 5.74) is 8.31. The molecule has 0 aliphatic rings. The first-order valence-corrected chi connectivity index (χ1v) is 18.8. The van der Waals surface area contributed by atoms with Crippen LogP contribution in [0.3, 0.4) is 0 Å². The molecule has 3 aromatic heterocycles. The molecule has 0 unspecified atom stereocenters. The first-order valence-electron chi connectivity index (χ1n) is 18.8. The fourth-order valence-electron chi connectivity index (χ4n) is 8.57. The van der Waals surface area contributed by atoms with Gasteiger partial charge in [-0.05, 0) is 73.8 Å². The maximum atomic E-state index is 6.32. The highest BCUT2D eigenvalue weighted by Crippen LogP contribution is 2.41. The van der Waals surface area contributed by atoms with Crippen LogP contribution < -0.4 is 0 Å². The smallest absolute Gasteiger partial charge is 0.164 e. The van der Waals surface area contributed by atoms with Gasteiger partial charge in [0.05, 0.1) is 0 Å². The Morgan fingerprint density at radius 1 is 0.286 bits per heavy atom. The zero-order valence-electron chi connectivity index (χ0n) is 29.9. The third-order valence-corrected chi connectivity index (χ3v) is 11.1. The van der Waals surface area contributed by atoms with E-state index in [1.165, 1.54) is 16.2 Å². The fraction of sp³-hybridized carbons (Fsp3) is 0. The molecule has 3 heterocycles. The van der Waals surface area contributed by atoms with Crippen molar-refractivity contribution in [3.05, 3.63) is 176 Å². The number of rotatable bonds is 4. The molecule has 0 saturated carbocycles. The number of hydrogen-bond donors (Lipinski definition) is 0. The topological polar surface area (TPSA) is 65.0 Å². The molecule has 5 nitrogen and oxygen atoms in total. The summed E-state index contributed by atoms with van der Waals surface area (Å²) in [6, 6.07) is 61.0. The molecule has 0 bridgehead atoms. The molecule has 260 valence electrons. The average molecular weight is 716 g/mol. The van der Waals surface area contributed by atoms with Gasteiger partial charge in [-0.3, -0.25) is 0 Å². The van der Waals surface area contributed by atoms with Gasteiger partial charge >= 0.3 is 0 Å². The van der Waals surface area contributed by atoms with Crippen molar-refractivity contribution >= 4 is 76.2 Å². The van der Waals surface area contributed by atoms with Crippen molar-refractivity contribution < 1.29 is 8.83 Å². The summed E-state index contributed by atoms with van der Waals surface area (Å²) in [6.45, 7) is 0. The van der Waals surface area contributed by atoms with Gasteiger partial charge in [-0.15, -0.1) is 0 Å². The molecule has 0 N–H and O–H groups in total. The monoisotopic (exact) mass is 715 g/mol. The summed E-state index contributed by atoms with van der Waals surface area (Å²) in [6.07, 6.45) is 0. The van der Waals surface area contributed by atoms with Crippen molar-refractivity contribution in [2.24, 2.45) is 0 Å². The Labute approximate surface area is 320 Å². The number of para-hydroxylation sites is 2. The SMILES string of the molecule is c1ccc2c(c1)ccc1c3ccccc3c(-c3nc(-c4ccc(-c5cccc6oc7ccccc7c56)cc4)nc(-c4cccc5oc6ccccc6c45)n3)cc21. The zero-order valence-corrected chi connectivity index (χ0v) is 29.9. The second kappa shape index (κ2) is 11.9. The third-order valence-electron chi connectivity index (χ3n) is 11.1. The minimum atomic E-state index is 0.586. The van der Waals surface area contributed by atoms with Crippen LogP contribution in [0.15, 0.2) is 185 Å². The summed E-state index contributed by atoms with van der Waals surface area (Å²) >= 11 is 0. The van der Waals surface area contributed by atoms with Crippen molar-refractivity contribution in [2.45, 2.75) is 0 Å². The molecule has 0 amide bonds. The lowest BCUT2D eigenvalue weighted by molar-refractivity contribution is 0.668. The van der Waals surface area contributed by atoms with E-state index in [1.54, 1.807) is 0 Å². The van der Waals surface area contributed by atoms with Gasteiger partial charge in [-0.2, -0.15) is 0 Å². The Balaban J connectivity index is 1.10. The van der Waals surface area contributed by atoms with Crippen LogP contribution in [0, 0.1) is 0 Å². The van der Waals surface area contributed by atoms with E-state index in [9.17, 15) is 0 Å². The maximum Gasteiger partial charge on any atom is 0.164 e. The molecule has 12 aromatic rings. The Hall–Kier alpha value is -7.63. The summed E-state index contributed by atoms with van der Waals surface area (Å²) in [4.78, 5) is 15.8. The van der Waals surface area contributed by atoms with E-state index in [0.29, 0.717) is 17.5 Å². The van der Waals surface area contributed by atoms with Crippen LogP contribution in [-0.2, 0) is 0 Å². The summed E-state index contributed by atoms with van der Waals surface area (Å²) in [5, 5.41) is 11.2. The molecular formula is C51H29N3O2. The maximum absolute atomic E-state index is 6.32. The Morgan fingerprint density at radius 2 is 0.786 bits per heavy atom. The quantitative estimate of drug-likeness (QED) is 0.170. The number of aromatic nitrogens is 3. The Bertz CT molecular complexity index is 3540. The van der Waals surface area contributed by atoms with Crippen molar-refractivity contribution in [3.63, 3.8) is 0 Å². The van der Waals surface area contributed by atoms with Crippen molar-refractivity contribution in [2.75, 3.05) is 0 Å². The predicted molar refractivity (Wildman–Crippen MR) is 229 cm³/mol. The molecule has 0 aliphatic heterocycles. The molecule has 56 heavy (non-hydrogen) atoms. The number of fused-ring (bicyclic) bond motifs is 11. The van der Waals surface area contributed by atoms with E-state index < -0.39 is 0 Å². The number of furan rings is 2. The van der Waals surface area contributed by atoms with Gasteiger partial charge in [-0.25, -0.2) is 15.0 Å². The van der Waals surface area contributed by atoms with Crippen LogP contribution in [-0.4, -0.2) is 15.0 Å². The summed E-state index contributed by atoms with van der Waals surface area (Å²) in [5.74, 6) is 1.79. The van der Waals surface area contributed by atoms with Crippen LogP contribution >= 0.6 is 0 Å². The lowest BCUT2D eigenvalue weighted by atomic mass is 9.93. The molecular weight excluding hydrogens is 687 g/mol. The molecule has 12 rings (SSSR count). The molecule has 5 heteroatoms. The molecule has 0 saturated heterocycles. The minimum absolute atomic E-state index is 0.586. The van der Waals surface area contributed by atoms with Gasteiger partial charge in [0.2, 0.25) is 0 Å². The van der Waals surface area contributed by atoms with E-state index in [-0.39, 0.29) is 0 Å². The van der Waals surface area contributed by atoms with Crippen LogP contribution in [0.4, 0.5) is 0 Å². The third kappa shape index (κ3) is 4.64. The van der Waals surface area contributed by atoms with E-state index in [0.717, 1.165) is 87.9 Å². The lowest BCUT2D eigenvalue weighted by Gasteiger charge is -2.14. The Kier molecular flexibility index (Phi) is 6.56. The summed E-state index contributed by atoms with van der Waals surface area (Å²) in [7, 11) is 0. The molecule has 0 radical (unpaired) electrons. The number of benzene rings is 9. The van der Waals surface area contributed by atoms with Gasteiger partial charge in [0.15, 0.2) is 17.5 Å². The van der Waals surface area contributed by atoms with Gasteiger partial charge in [0.1, 0.15) is 22.3 Å². The molecule has 9 aromatic carbocycles. The van der Waals surface area contributed by atoms with Gasteiger partial charge in [-0.1, -0.05) is 146 Å². The van der Waals surface area contributed by atoms with E-state index in [1.807, 2.05) is 48.5 Å². The standard InChI is InChI=1S/C51H29N3O2/c1-2-12-33-30(11-1)27-28-37-35-13-3-4-14-36(35)42(29-41(33)37)51-53-49(52-50(54-51)40-18-10-22-46-48(40)39-16-6-8-20-44(39)56-46)32-25-23-31(24-26-32)34-17-9-21-45-47(34)38-15-5-7-19-43(38)55-45/h1-29H. The minimum Gasteiger partial charge on any atom is -0.456 e. The van der Waals surface area contributed by atoms with Crippen molar-refractivity contribution in [1.29, 1.82) is 0 Å². The first kappa shape index (κ1) is 30.8. The van der Waals surface area contributed by atoms with Crippen molar-refractivity contribution in [3.8, 4) is 45.3 Å². The van der Waals surface area contributed by atoms with Crippen LogP contribution in [0.25, 0.3) is 121 Å². The van der Waals surface area contributed by atoms with Gasteiger partial charge in [0, 0.05) is 38.2 Å². The summed E-state index contributed by atoms with van der Waals surface area (Å²) < 4.78 is 12.5. The highest BCUT2D eigenvalue weighted by Gasteiger charge is 2.20. The number of hydrogen-bond acceptors (Lipinski definition) is 5. The van der Waals surface area contributed by atoms with E-state index in [4.69, 9.17) is 23.8 Å². The fourth-order valence-corrected chi connectivity index (χ4v) is 8.57. The van der Waals surface area contributed by atoms with Crippen molar-refractivity contribution in [1.82, 2.24) is 15.0 Å². The second-order valence-electron chi connectivity index (χ2n) is 14.3. The van der Waals surface area contributed by atoms with Crippen LogP contribution in [0.2, 0.25) is 0 Å². The lowest BCUT2D eigenvalue weighted by Crippen LogP contribution is -2.01. The predicted octanol–water partition coefficient (Wildman–Crippen LogP) is 13.8. The molecule has 0 fully saturated rings. The van der Waals surface area contributed by atoms with Crippen LogP contribution in [0.1, 0.15) is 0 Å². The molecule has 0 spiro atoms. The molecule has 0 aliphatic carbocycles. The number of nitrogens with zero attached hydrogens (tertiary/aromatic N) is 3. The Morgan fingerprint density at radius 3 is 1.50 bits per heavy atom. The second-order valence-corrected chi connectivity index (χ2v) is 14.3. The zero-order chi connectivity index (χ0) is 36.7. The molecule has 0 atom stereocenters. The largest absolute Gasteiger partial charge is 0.456 e. The van der Waals surface area contributed by atoms with Gasteiger partial charge < -0.3 is 8.83 Å². The van der Waals surface area contributed by atoms with E-state index >= 15 is 0 Å². The van der Waals surface area contributed by atoms with E-state index in [2.05, 4.69) is 127 Å². The highest BCUT2D eigenvalue weighted by molar-refractivity contribution is 6.21. The van der Waals surface area contributed by atoms with Gasteiger partial charge in [0.25, 0.3) is 0 Å².